The molecule has 26 heavy (non-hydrogen) atoms. The Balaban J connectivity index is 2.68. The van der Waals surface area contributed by atoms with Crippen molar-refractivity contribution in [2.75, 3.05) is 13.7 Å². The van der Waals surface area contributed by atoms with Crippen LogP contribution in [0.1, 0.15) is 13.8 Å². The topological polar surface area (TPSA) is 175 Å². The molecule has 1 fully saturated rings. The molecule has 150 valence electrons. The molecule has 0 saturated carbocycles. The number of hydrogen-bond acceptors (Lipinski definition) is 9. The minimum Gasteiger partial charge on any atom is -0.479 e. The standard InChI is InChI=1S/C15H26N2O9/c1-6(2)8(16-3)13(22)17-7(4-18)5-25-15-11(21)9(19)10(20)12(26-15)14(23)24/h4,6-12,15-16,19-21H,5H2,1-3H3,(H,17,22)(H,23,24). The van der Waals surface area contributed by atoms with Gasteiger partial charge in [-0.25, -0.2) is 4.79 Å². The fourth-order valence-electron chi connectivity index (χ4n) is 2.54. The first kappa shape index (κ1) is 22.4. The predicted molar refractivity (Wildman–Crippen MR) is 85.9 cm³/mol. The lowest BCUT2D eigenvalue weighted by molar-refractivity contribution is -0.294. The summed E-state index contributed by atoms with van der Waals surface area (Å²) in [5.74, 6) is -2.03. The molecular formula is C15H26N2O9. The van der Waals surface area contributed by atoms with E-state index in [1.165, 1.54) is 0 Å². The molecule has 0 bridgehead atoms. The molecule has 7 atom stereocenters. The third-order valence-corrected chi connectivity index (χ3v) is 4.01. The van der Waals surface area contributed by atoms with Crippen LogP contribution >= 0.6 is 0 Å². The molecule has 1 saturated heterocycles. The number of aliphatic hydroxyl groups excluding tert-OH is 3. The summed E-state index contributed by atoms with van der Waals surface area (Å²) in [5.41, 5.74) is 0. The quantitative estimate of drug-likeness (QED) is 0.224. The van der Waals surface area contributed by atoms with Crippen LogP contribution in [0.2, 0.25) is 0 Å². The van der Waals surface area contributed by atoms with Gasteiger partial charge in [0.25, 0.3) is 0 Å². The molecule has 1 heterocycles. The van der Waals surface area contributed by atoms with Gasteiger partial charge in [0.1, 0.15) is 30.6 Å². The molecule has 7 unspecified atom stereocenters. The Morgan fingerprint density at radius 1 is 1.19 bits per heavy atom. The van der Waals surface area contributed by atoms with Crippen LogP contribution in [-0.4, -0.2) is 95.0 Å². The molecule has 0 spiro atoms. The minimum atomic E-state index is -1.84. The van der Waals surface area contributed by atoms with Gasteiger partial charge in [-0.05, 0) is 13.0 Å². The van der Waals surface area contributed by atoms with Gasteiger partial charge in [0.05, 0.1) is 12.6 Å². The van der Waals surface area contributed by atoms with E-state index in [0.717, 1.165) is 0 Å². The van der Waals surface area contributed by atoms with E-state index in [9.17, 15) is 29.7 Å². The van der Waals surface area contributed by atoms with Crippen molar-refractivity contribution in [3.8, 4) is 0 Å². The summed E-state index contributed by atoms with van der Waals surface area (Å²) in [6.07, 6.45) is -8.37. The van der Waals surface area contributed by atoms with Gasteiger partial charge in [-0.3, -0.25) is 4.79 Å². The minimum absolute atomic E-state index is 0.0373. The van der Waals surface area contributed by atoms with Crippen LogP contribution in [0.4, 0.5) is 0 Å². The van der Waals surface area contributed by atoms with Crippen molar-refractivity contribution in [1.82, 2.24) is 10.6 Å². The number of amides is 1. The van der Waals surface area contributed by atoms with Crippen LogP contribution in [0.5, 0.6) is 0 Å². The Kier molecular flexibility index (Phi) is 8.53. The van der Waals surface area contributed by atoms with Crippen LogP contribution in [-0.2, 0) is 23.9 Å². The number of aldehydes is 1. The van der Waals surface area contributed by atoms with Gasteiger partial charge in [0, 0.05) is 0 Å². The van der Waals surface area contributed by atoms with E-state index >= 15 is 0 Å². The third kappa shape index (κ3) is 5.43. The second-order valence-corrected chi connectivity index (χ2v) is 6.33. The molecule has 1 aliphatic heterocycles. The molecule has 1 amide bonds. The van der Waals surface area contributed by atoms with E-state index in [4.69, 9.17) is 14.6 Å². The average molecular weight is 378 g/mol. The van der Waals surface area contributed by atoms with Gasteiger partial charge >= 0.3 is 5.97 Å². The number of hydrogen-bond donors (Lipinski definition) is 6. The van der Waals surface area contributed by atoms with Gasteiger partial charge in [-0.15, -0.1) is 0 Å². The number of ether oxygens (including phenoxy) is 2. The first-order chi connectivity index (χ1) is 12.1. The molecule has 11 nitrogen and oxygen atoms in total. The Morgan fingerprint density at radius 2 is 1.81 bits per heavy atom. The number of carbonyl (C=O) groups is 3. The second-order valence-electron chi connectivity index (χ2n) is 6.33. The number of aliphatic carboxylic acids is 1. The zero-order valence-electron chi connectivity index (χ0n) is 14.7. The van der Waals surface area contributed by atoms with E-state index in [2.05, 4.69) is 10.6 Å². The second kappa shape index (κ2) is 9.90. The van der Waals surface area contributed by atoms with E-state index in [1.807, 2.05) is 13.8 Å². The number of carbonyl (C=O) groups excluding carboxylic acids is 2. The number of likely N-dealkylation sites (N-methyl/N-ethyl adjacent to an activating group) is 1. The van der Waals surface area contributed by atoms with E-state index in [0.29, 0.717) is 6.29 Å². The lowest BCUT2D eigenvalue weighted by atomic mass is 9.99. The zero-order chi connectivity index (χ0) is 20.0. The van der Waals surface area contributed by atoms with Crippen LogP contribution in [0, 0.1) is 5.92 Å². The largest absolute Gasteiger partial charge is 0.479 e. The fourth-order valence-corrected chi connectivity index (χ4v) is 2.54. The fraction of sp³-hybridized carbons (Fsp3) is 0.800. The van der Waals surface area contributed by atoms with Crippen LogP contribution < -0.4 is 10.6 Å². The van der Waals surface area contributed by atoms with Gasteiger partial charge in [-0.2, -0.15) is 0 Å². The summed E-state index contributed by atoms with van der Waals surface area (Å²) in [6, 6.07) is -1.62. The highest BCUT2D eigenvalue weighted by Gasteiger charge is 2.47. The number of carboxylic acid groups (broad SMARTS) is 1. The third-order valence-electron chi connectivity index (χ3n) is 4.01. The van der Waals surface area contributed by atoms with Crippen molar-refractivity contribution in [2.45, 2.75) is 56.6 Å². The highest BCUT2D eigenvalue weighted by atomic mass is 16.7. The van der Waals surface area contributed by atoms with Gasteiger partial charge in [0.2, 0.25) is 5.91 Å². The maximum atomic E-state index is 12.1. The summed E-state index contributed by atoms with van der Waals surface area (Å²) in [7, 11) is 1.60. The van der Waals surface area contributed by atoms with Gasteiger partial charge in [-0.1, -0.05) is 13.8 Å². The molecular weight excluding hydrogens is 352 g/mol. The first-order valence-corrected chi connectivity index (χ1v) is 8.11. The number of rotatable bonds is 9. The average Bonchev–Trinajstić information content (AvgIpc) is 2.57. The SMILES string of the molecule is CNC(C(=O)NC(C=O)COC1OC(C(=O)O)C(O)C(O)C1O)C(C)C. The maximum Gasteiger partial charge on any atom is 0.335 e. The summed E-state index contributed by atoms with van der Waals surface area (Å²) in [6.45, 7) is 3.21. The van der Waals surface area contributed by atoms with Crippen molar-refractivity contribution in [1.29, 1.82) is 0 Å². The Bertz CT molecular complexity index is 502. The molecule has 0 aromatic rings. The first-order valence-electron chi connectivity index (χ1n) is 8.11. The monoisotopic (exact) mass is 378 g/mol. The van der Waals surface area contributed by atoms with Crippen LogP contribution in [0.15, 0.2) is 0 Å². The summed E-state index contributed by atoms with van der Waals surface area (Å²) >= 11 is 0. The number of nitrogens with one attached hydrogen (secondary N) is 2. The summed E-state index contributed by atoms with van der Waals surface area (Å²) < 4.78 is 10.1. The van der Waals surface area contributed by atoms with Crippen molar-refractivity contribution >= 4 is 18.2 Å². The molecule has 0 radical (unpaired) electrons. The van der Waals surface area contributed by atoms with Gasteiger partial charge < -0.3 is 45.3 Å². The summed E-state index contributed by atoms with van der Waals surface area (Å²) in [5, 5.41) is 43.3. The number of aliphatic hydroxyl groups is 3. The maximum absolute atomic E-state index is 12.1. The van der Waals surface area contributed by atoms with Gasteiger partial charge in [0.15, 0.2) is 12.4 Å². The highest BCUT2D eigenvalue weighted by Crippen LogP contribution is 2.22. The van der Waals surface area contributed by atoms with Crippen molar-refractivity contribution < 1.29 is 44.3 Å². The zero-order valence-corrected chi connectivity index (χ0v) is 14.7. The van der Waals surface area contributed by atoms with E-state index in [1.54, 1.807) is 7.05 Å². The molecule has 0 aromatic heterocycles. The lowest BCUT2D eigenvalue weighted by Crippen LogP contribution is -2.61. The van der Waals surface area contributed by atoms with Crippen LogP contribution in [0.25, 0.3) is 0 Å². The highest BCUT2D eigenvalue weighted by molar-refractivity contribution is 5.84. The normalized spacial score (nSPS) is 31.3. The van der Waals surface area contributed by atoms with Crippen molar-refractivity contribution in [3.63, 3.8) is 0 Å². The Labute approximate surface area is 150 Å². The predicted octanol–water partition coefficient (Wildman–Crippen LogP) is -3.18. The smallest absolute Gasteiger partial charge is 0.335 e. The Hall–Kier alpha value is -1.63. The summed E-state index contributed by atoms with van der Waals surface area (Å²) in [4.78, 5) is 34.3. The lowest BCUT2D eigenvalue weighted by Gasteiger charge is -2.38. The molecule has 6 N–H and O–H groups in total. The molecule has 1 rings (SSSR count). The number of carboxylic acids is 1. The van der Waals surface area contributed by atoms with Crippen LogP contribution in [0.3, 0.4) is 0 Å². The molecule has 1 aliphatic rings. The van der Waals surface area contributed by atoms with E-state index < -0.39 is 61.3 Å². The van der Waals surface area contributed by atoms with Crippen molar-refractivity contribution in [2.24, 2.45) is 5.92 Å². The van der Waals surface area contributed by atoms with Crippen molar-refractivity contribution in [3.05, 3.63) is 0 Å². The molecule has 11 heteroatoms. The van der Waals surface area contributed by atoms with E-state index in [-0.39, 0.29) is 5.92 Å². The molecule has 0 aliphatic carbocycles. The molecule has 0 aromatic carbocycles. The Morgan fingerprint density at radius 3 is 2.27 bits per heavy atom.